The van der Waals surface area contributed by atoms with Crippen LogP contribution >= 0.6 is 0 Å². The molecular weight excluding hydrogens is 657 g/mol. The first kappa shape index (κ1) is 35.5. The maximum atomic E-state index is 5.32. The molecule has 1 aliphatic heterocycles. The Hall–Kier alpha value is -4.18. The predicted octanol–water partition coefficient (Wildman–Crippen LogP) is 12.5. The van der Waals surface area contributed by atoms with E-state index < -0.39 is 0 Å². The monoisotopic (exact) mass is 714 g/mol. The van der Waals surface area contributed by atoms with Crippen molar-refractivity contribution in [2.75, 3.05) is 6.54 Å². The lowest BCUT2D eigenvalue weighted by Crippen LogP contribution is -2.30. The van der Waals surface area contributed by atoms with Crippen LogP contribution in [0.3, 0.4) is 0 Å². The van der Waals surface area contributed by atoms with E-state index in [2.05, 4.69) is 97.2 Å². The van der Waals surface area contributed by atoms with Gasteiger partial charge in [-0.25, -0.2) is 15.0 Å². The van der Waals surface area contributed by atoms with Gasteiger partial charge in [0.15, 0.2) is 11.6 Å². The third kappa shape index (κ3) is 7.95. The van der Waals surface area contributed by atoms with Crippen LogP contribution in [-0.4, -0.2) is 27.2 Å². The van der Waals surface area contributed by atoms with E-state index in [1.165, 1.54) is 66.5 Å². The molecule has 6 unspecified atom stereocenters. The second kappa shape index (κ2) is 16.7. The second-order valence-electron chi connectivity index (χ2n) is 17.0. The molecule has 1 aromatic heterocycles. The molecule has 278 valence electrons. The lowest BCUT2D eigenvalue weighted by molar-refractivity contribution is 0.404. The van der Waals surface area contributed by atoms with Crippen LogP contribution in [0.2, 0.25) is 0 Å². The van der Waals surface area contributed by atoms with Crippen molar-refractivity contribution in [3.8, 4) is 0 Å². The summed E-state index contributed by atoms with van der Waals surface area (Å²) in [6, 6.07) is 0. The van der Waals surface area contributed by atoms with E-state index in [9.17, 15) is 0 Å². The topological polar surface area (TPSA) is 51.0 Å². The van der Waals surface area contributed by atoms with Crippen LogP contribution in [0.4, 0.5) is 0 Å². The van der Waals surface area contributed by atoms with Gasteiger partial charge in [0.25, 0.3) is 0 Å². The highest BCUT2D eigenvalue weighted by Crippen LogP contribution is 2.43. The van der Waals surface area contributed by atoms with Crippen LogP contribution in [0.5, 0.6) is 0 Å². The number of aliphatic imine (C=N–C) groups is 1. The van der Waals surface area contributed by atoms with Crippen LogP contribution < -0.4 is 0 Å². The molecule has 4 nitrogen and oxygen atoms in total. The largest absolute Gasteiger partial charge is 0.288 e. The summed E-state index contributed by atoms with van der Waals surface area (Å²) in [7, 11) is 0. The van der Waals surface area contributed by atoms with E-state index >= 15 is 0 Å². The van der Waals surface area contributed by atoms with Crippen molar-refractivity contribution in [3.05, 3.63) is 137 Å². The normalized spacial score (nSPS) is 31.1. The molecule has 0 N–H and O–H groups in total. The van der Waals surface area contributed by atoms with Crippen molar-refractivity contribution >= 4 is 16.9 Å². The van der Waals surface area contributed by atoms with Crippen LogP contribution in [0.25, 0.3) is 11.1 Å². The highest BCUT2D eigenvalue weighted by atomic mass is 15.0. The number of allylic oxidation sites excluding steroid dienone is 21. The van der Waals surface area contributed by atoms with Crippen molar-refractivity contribution < 1.29 is 0 Å². The van der Waals surface area contributed by atoms with Gasteiger partial charge in [-0.2, -0.15) is 0 Å². The van der Waals surface area contributed by atoms with Crippen LogP contribution in [0.15, 0.2) is 125 Å². The minimum Gasteiger partial charge on any atom is -0.288 e. The maximum Gasteiger partial charge on any atom is 0.159 e. The molecule has 0 radical (unpaired) electrons. The van der Waals surface area contributed by atoms with Crippen LogP contribution in [0, 0.1) is 29.6 Å². The van der Waals surface area contributed by atoms with Crippen LogP contribution in [0.1, 0.15) is 133 Å². The first-order chi connectivity index (χ1) is 26.7. The van der Waals surface area contributed by atoms with Gasteiger partial charge in [-0.3, -0.25) is 4.99 Å². The molecule has 54 heavy (non-hydrogen) atoms. The third-order valence-corrected chi connectivity index (χ3v) is 13.6. The molecule has 0 spiro atoms. The van der Waals surface area contributed by atoms with Gasteiger partial charge in [-0.15, -0.1) is 0 Å². The Morgan fingerprint density at radius 2 is 1.48 bits per heavy atom. The van der Waals surface area contributed by atoms with E-state index in [1.54, 1.807) is 11.1 Å². The van der Waals surface area contributed by atoms with E-state index in [0.717, 1.165) is 94.6 Å². The average molecular weight is 715 g/mol. The van der Waals surface area contributed by atoms with Crippen molar-refractivity contribution in [2.45, 2.75) is 115 Å². The SMILES string of the molecule is C1=CCC(C2C=CC(c3nc(C4=CC=C(C5CC(C6=CCCC=C6)=NCC5C5=CCCC=C5)CC4)nc(C4=CCC(C5=CCCCC5)CC4)n3)CC2)C=C1. The van der Waals surface area contributed by atoms with Crippen molar-refractivity contribution in [1.29, 1.82) is 0 Å². The summed E-state index contributed by atoms with van der Waals surface area (Å²) in [4.78, 5) is 21.1. The molecule has 0 saturated heterocycles. The van der Waals surface area contributed by atoms with E-state index in [-0.39, 0.29) is 5.92 Å². The van der Waals surface area contributed by atoms with Gasteiger partial charge in [0.1, 0.15) is 5.82 Å². The Bertz CT molecular complexity index is 1970. The zero-order valence-electron chi connectivity index (χ0n) is 32.2. The summed E-state index contributed by atoms with van der Waals surface area (Å²) >= 11 is 0. The van der Waals surface area contributed by atoms with Gasteiger partial charge < -0.3 is 0 Å². The minimum atomic E-state index is 0.241. The molecule has 1 aromatic rings. The summed E-state index contributed by atoms with van der Waals surface area (Å²) in [6.07, 6.45) is 57.8. The number of hydrogen-bond acceptors (Lipinski definition) is 4. The van der Waals surface area contributed by atoms with Crippen molar-refractivity contribution in [2.24, 2.45) is 34.6 Å². The van der Waals surface area contributed by atoms with Gasteiger partial charge in [-0.1, -0.05) is 108 Å². The molecule has 2 heterocycles. The van der Waals surface area contributed by atoms with Gasteiger partial charge in [0.05, 0.1) is 0 Å². The highest BCUT2D eigenvalue weighted by molar-refractivity contribution is 6.03. The predicted molar refractivity (Wildman–Crippen MR) is 225 cm³/mol. The number of nitrogens with zero attached hydrogens (tertiary/aromatic N) is 4. The fraction of sp³-hybridized carbons (Fsp3) is 0.480. The second-order valence-corrected chi connectivity index (χ2v) is 17.0. The molecular formula is C50H58N4. The van der Waals surface area contributed by atoms with Crippen molar-refractivity contribution in [1.82, 2.24) is 15.0 Å². The molecule has 0 saturated carbocycles. The summed E-state index contributed by atoms with van der Waals surface area (Å²) < 4.78 is 0. The maximum absolute atomic E-state index is 5.32. The molecule has 7 aliphatic carbocycles. The first-order valence-corrected chi connectivity index (χ1v) is 21.6. The van der Waals surface area contributed by atoms with E-state index in [0.29, 0.717) is 29.6 Å². The zero-order chi connectivity index (χ0) is 36.1. The highest BCUT2D eigenvalue weighted by Gasteiger charge is 2.34. The summed E-state index contributed by atoms with van der Waals surface area (Å²) in [5, 5.41) is 0. The quantitative estimate of drug-likeness (QED) is 0.252. The first-order valence-electron chi connectivity index (χ1n) is 21.6. The molecule has 4 heteroatoms. The van der Waals surface area contributed by atoms with E-state index in [1.807, 2.05) is 0 Å². The molecule has 0 fully saturated rings. The standard InChI is InChI=1S/C50H58N4/c1-5-13-35(14-6-1)37-21-27-42(28-22-37)48-52-49(43-29-23-38(24-30-43)36-15-7-2-8-16-36)54-50(53-48)44-31-25-40(26-32-44)45-33-47(41-19-11-4-12-20-41)51-34-46(45)39-17-9-3-10-18-39/h1,5-6,9,11,13,15,17-21,25,27,29,31,35,37-38,42,45-46H,2-4,7-8,10,12,14,16,22-24,26,28,30,32-34H2. The molecule has 8 aliphatic rings. The molecule has 0 bridgehead atoms. The number of aromatic nitrogens is 3. The zero-order valence-corrected chi connectivity index (χ0v) is 32.2. The molecule has 0 aromatic carbocycles. The lowest BCUT2D eigenvalue weighted by atomic mass is 9.72. The lowest BCUT2D eigenvalue weighted by Gasteiger charge is -2.35. The summed E-state index contributed by atoms with van der Waals surface area (Å²) in [6.45, 7) is 0.881. The van der Waals surface area contributed by atoms with Gasteiger partial charge in [0.2, 0.25) is 0 Å². The van der Waals surface area contributed by atoms with Crippen molar-refractivity contribution in [3.63, 3.8) is 0 Å². The smallest absolute Gasteiger partial charge is 0.159 e. The summed E-state index contributed by atoms with van der Waals surface area (Å²) in [5.74, 6) is 5.86. The number of hydrogen-bond donors (Lipinski definition) is 0. The Kier molecular flexibility index (Phi) is 11.0. The molecule has 0 amide bonds. The van der Waals surface area contributed by atoms with Gasteiger partial charge in [-0.05, 0) is 155 Å². The third-order valence-electron chi connectivity index (χ3n) is 13.6. The Morgan fingerprint density at radius 3 is 2.19 bits per heavy atom. The Labute approximate surface area is 324 Å². The molecule has 6 atom stereocenters. The Morgan fingerprint density at radius 1 is 0.574 bits per heavy atom. The average Bonchev–Trinajstić information content (AvgIpc) is 3.27. The minimum absolute atomic E-state index is 0.241. The fourth-order valence-corrected chi connectivity index (χ4v) is 10.4. The Balaban J connectivity index is 1.01. The fourth-order valence-electron chi connectivity index (χ4n) is 10.4. The van der Waals surface area contributed by atoms with Gasteiger partial charge in [0, 0.05) is 24.1 Å². The van der Waals surface area contributed by atoms with Gasteiger partial charge >= 0.3 is 0 Å². The van der Waals surface area contributed by atoms with E-state index in [4.69, 9.17) is 19.9 Å². The summed E-state index contributed by atoms with van der Waals surface area (Å²) in [5.41, 5.74) is 10.0. The molecule has 9 rings (SSSR count). The van der Waals surface area contributed by atoms with Crippen LogP contribution in [-0.2, 0) is 0 Å². The number of rotatable bonds is 8.